The molecule has 1 heterocycles. The summed E-state index contributed by atoms with van der Waals surface area (Å²) >= 11 is 0. The Bertz CT molecular complexity index is 248. The number of nitrogens with zero attached hydrogens (tertiary/aromatic N) is 1. The van der Waals surface area contributed by atoms with Crippen molar-refractivity contribution >= 4 is 5.91 Å². The van der Waals surface area contributed by atoms with Crippen LogP contribution in [0, 0.1) is 0 Å². The van der Waals surface area contributed by atoms with Gasteiger partial charge in [-0.25, -0.2) is 0 Å². The van der Waals surface area contributed by atoms with Gasteiger partial charge in [0.25, 0.3) is 0 Å². The lowest BCUT2D eigenvalue weighted by atomic mass is 10.2. The van der Waals surface area contributed by atoms with Gasteiger partial charge >= 0.3 is 0 Å². The van der Waals surface area contributed by atoms with E-state index in [0.29, 0.717) is 19.7 Å². The van der Waals surface area contributed by atoms with Crippen molar-refractivity contribution in [2.75, 3.05) is 26.3 Å². The Morgan fingerprint density at radius 3 is 2.94 bits per heavy atom. The van der Waals surface area contributed by atoms with E-state index in [2.05, 4.69) is 10.2 Å². The Labute approximate surface area is 103 Å². The van der Waals surface area contributed by atoms with E-state index < -0.39 is 0 Å². The van der Waals surface area contributed by atoms with Crippen molar-refractivity contribution in [3.63, 3.8) is 0 Å². The number of aliphatic hydroxyl groups is 1. The summed E-state index contributed by atoms with van der Waals surface area (Å²) in [5.41, 5.74) is 0. The first-order chi connectivity index (χ1) is 8.06. The number of carbonyl (C=O) groups is 1. The summed E-state index contributed by atoms with van der Waals surface area (Å²) in [4.78, 5) is 13.8. The summed E-state index contributed by atoms with van der Waals surface area (Å²) in [6.45, 7) is 7.65. The fourth-order valence-electron chi connectivity index (χ4n) is 1.81. The average Bonchev–Trinajstić information content (AvgIpc) is 2.31. The Morgan fingerprint density at radius 1 is 1.65 bits per heavy atom. The molecule has 0 bridgehead atoms. The minimum absolute atomic E-state index is 0.0101. The Hall–Kier alpha value is -0.650. The van der Waals surface area contributed by atoms with E-state index in [1.54, 1.807) is 0 Å². The molecule has 100 valence electrons. The van der Waals surface area contributed by atoms with Crippen molar-refractivity contribution in [1.82, 2.24) is 10.2 Å². The number of carbonyl (C=O) groups excluding carboxylic acids is 1. The van der Waals surface area contributed by atoms with Gasteiger partial charge in [-0.15, -0.1) is 0 Å². The third-order valence-electron chi connectivity index (χ3n) is 3.20. The van der Waals surface area contributed by atoms with Crippen LogP contribution in [-0.2, 0) is 9.53 Å². The molecule has 0 spiro atoms. The van der Waals surface area contributed by atoms with Crippen LogP contribution in [0.25, 0.3) is 0 Å². The van der Waals surface area contributed by atoms with Crippen molar-refractivity contribution < 1.29 is 14.6 Å². The molecular formula is C12H24N2O3. The second kappa shape index (κ2) is 6.93. The molecule has 17 heavy (non-hydrogen) atoms. The van der Waals surface area contributed by atoms with E-state index in [1.165, 1.54) is 0 Å². The third-order valence-corrected chi connectivity index (χ3v) is 3.20. The fraction of sp³-hybridized carbons (Fsp3) is 0.917. The van der Waals surface area contributed by atoms with Crippen LogP contribution in [0.3, 0.4) is 0 Å². The lowest BCUT2D eigenvalue weighted by molar-refractivity contribution is -0.128. The van der Waals surface area contributed by atoms with E-state index >= 15 is 0 Å². The van der Waals surface area contributed by atoms with Gasteiger partial charge in [-0.3, -0.25) is 9.69 Å². The molecule has 1 amide bonds. The number of aliphatic hydroxyl groups excluding tert-OH is 1. The fourth-order valence-corrected chi connectivity index (χ4v) is 1.81. The third kappa shape index (κ3) is 4.61. The summed E-state index contributed by atoms with van der Waals surface area (Å²) in [5, 5.41) is 12.0. The predicted octanol–water partition coefficient (Wildman–Crippen LogP) is -0.0173. The van der Waals surface area contributed by atoms with E-state index in [1.807, 2.05) is 20.8 Å². The molecule has 5 heteroatoms. The van der Waals surface area contributed by atoms with Crippen LogP contribution in [-0.4, -0.2) is 60.4 Å². The molecule has 1 aliphatic rings. The zero-order valence-electron chi connectivity index (χ0n) is 11.0. The number of hydrogen-bond acceptors (Lipinski definition) is 4. The Balaban J connectivity index is 2.40. The van der Waals surface area contributed by atoms with Crippen molar-refractivity contribution in [3.05, 3.63) is 0 Å². The summed E-state index contributed by atoms with van der Waals surface area (Å²) in [7, 11) is 0. The zero-order valence-corrected chi connectivity index (χ0v) is 11.0. The second-order valence-corrected chi connectivity index (χ2v) is 4.79. The maximum absolute atomic E-state index is 11.8. The molecular weight excluding hydrogens is 220 g/mol. The highest BCUT2D eigenvalue weighted by molar-refractivity contribution is 5.78. The van der Waals surface area contributed by atoms with Crippen LogP contribution < -0.4 is 5.32 Å². The molecule has 1 aliphatic heterocycles. The van der Waals surface area contributed by atoms with Gasteiger partial charge in [0.1, 0.15) is 0 Å². The summed E-state index contributed by atoms with van der Waals surface area (Å²) < 4.78 is 5.43. The largest absolute Gasteiger partial charge is 0.394 e. The van der Waals surface area contributed by atoms with Crippen LogP contribution >= 0.6 is 0 Å². The lowest BCUT2D eigenvalue weighted by Crippen LogP contribution is -2.53. The maximum Gasteiger partial charge on any atom is 0.234 e. The molecule has 0 radical (unpaired) electrons. The molecule has 1 saturated heterocycles. The lowest BCUT2D eigenvalue weighted by Gasteiger charge is -2.37. The molecule has 0 saturated carbocycles. The van der Waals surface area contributed by atoms with E-state index in [-0.39, 0.29) is 30.7 Å². The molecule has 3 unspecified atom stereocenters. The number of rotatable bonds is 5. The summed E-state index contributed by atoms with van der Waals surface area (Å²) in [6, 6.07) is 0.438. The average molecular weight is 244 g/mol. The molecule has 1 rings (SSSR count). The highest BCUT2D eigenvalue weighted by Crippen LogP contribution is 2.10. The molecule has 3 atom stereocenters. The summed E-state index contributed by atoms with van der Waals surface area (Å²) in [5.74, 6) is 0.0461. The first kappa shape index (κ1) is 14.4. The normalized spacial score (nSPS) is 27.8. The first-order valence-corrected chi connectivity index (χ1v) is 6.32. The Kier molecular flexibility index (Phi) is 5.88. The minimum Gasteiger partial charge on any atom is -0.394 e. The predicted molar refractivity (Wildman–Crippen MR) is 65.8 cm³/mol. The van der Waals surface area contributed by atoms with Crippen LogP contribution in [0.1, 0.15) is 27.2 Å². The van der Waals surface area contributed by atoms with E-state index in [9.17, 15) is 4.79 Å². The standard InChI is InChI=1S/C12H24N2O3/c1-4-9(2)13-12(16)6-14-5-11(7-15)17-8-10(14)3/h9-11,15H,4-8H2,1-3H3,(H,13,16). The van der Waals surface area contributed by atoms with Crippen LogP contribution in [0.15, 0.2) is 0 Å². The number of ether oxygens (including phenoxy) is 1. The molecule has 0 aromatic rings. The quantitative estimate of drug-likeness (QED) is 0.713. The van der Waals surface area contributed by atoms with Gasteiger partial charge in [0.2, 0.25) is 5.91 Å². The van der Waals surface area contributed by atoms with Crippen molar-refractivity contribution in [1.29, 1.82) is 0 Å². The highest BCUT2D eigenvalue weighted by atomic mass is 16.5. The molecule has 5 nitrogen and oxygen atoms in total. The maximum atomic E-state index is 11.8. The van der Waals surface area contributed by atoms with Gasteiger partial charge in [0, 0.05) is 18.6 Å². The van der Waals surface area contributed by atoms with Crippen LogP contribution in [0.4, 0.5) is 0 Å². The van der Waals surface area contributed by atoms with Crippen molar-refractivity contribution in [2.45, 2.75) is 45.4 Å². The topological polar surface area (TPSA) is 61.8 Å². The number of nitrogens with one attached hydrogen (secondary N) is 1. The van der Waals surface area contributed by atoms with Gasteiger partial charge in [-0.05, 0) is 20.3 Å². The molecule has 1 fully saturated rings. The molecule has 0 aromatic heterocycles. The first-order valence-electron chi connectivity index (χ1n) is 6.32. The van der Waals surface area contributed by atoms with Crippen LogP contribution in [0.2, 0.25) is 0 Å². The van der Waals surface area contributed by atoms with Crippen molar-refractivity contribution in [3.8, 4) is 0 Å². The van der Waals surface area contributed by atoms with Crippen molar-refractivity contribution in [2.24, 2.45) is 0 Å². The van der Waals surface area contributed by atoms with Gasteiger partial charge in [0.15, 0.2) is 0 Å². The SMILES string of the molecule is CCC(C)NC(=O)CN1CC(CO)OCC1C. The molecule has 2 N–H and O–H groups in total. The molecule has 0 aromatic carbocycles. The van der Waals surface area contributed by atoms with Gasteiger partial charge < -0.3 is 15.2 Å². The number of amides is 1. The van der Waals surface area contributed by atoms with Gasteiger partial charge in [-0.1, -0.05) is 6.92 Å². The summed E-state index contributed by atoms with van der Waals surface area (Å²) in [6.07, 6.45) is 0.770. The number of morpholine rings is 1. The van der Waals surface area contributed by atoms with Crippen LogP contribution in [0.5, 0.6) is 0 Å². The zero-order chi connectivity index (χ0) is 12.8. The van der Waals surface area contributed by atoms with E-state index in [0.717, 1.165) is 6.42 Å². The monoisotopic (exact) mass is 244 g/mol. The smallest absolute Gasteiger partial charge is 0.234 e. The van der Waals surface area contributed by atoms with Gasteiger partial charge in [0.05, 0.1) is 25.9 Å². The second-order valence-electron chi connectivity index (χ2n) is 4.79. The molecule has 0 aliphatic carbocycles. The number of hydrogen-bond donors (Lipinski definition) is 2. The highest BCUT2D eigenvalue weighted by Gasteiger charge is 2.27. The Morgan fingerprint density at radius 2 is 2.35 bits per heavy atom. The van der Waals surface area contributed by atoms with E-state index in [4.69, 9.17) is 9.84 Å². The van der Waals surface area contributed by atoms with Gasteiger partial charge in [-0.2, -0.15) is 0 Å². The minimum atomic E-state index is -0.164.